The summed E-state index contributed by atoms with van der Waals surface area (Å²) < 4.78 is 27.4. The monoisotopic (exact) mass is 327 g/mol. The van der Waals surface area contributed by atoms with Crippen molar-refractivity contribution in [1.82, 2.24) is 5.32 Å². The second-order valence-corrected chi connectivity index (χ2v) is 7.25. The van der Waals surface area contributed by atoms with Crippen molar-refractivity contribution in [3.05, 3.63) is 35.4 Å². The van der Waals surface area contributed by atoms with Crippen molar-refractivity contribution in [2.24, 2.45) is 0 Å². The molecule has 0 spiro atoms. The predicted molar refractivity (Wildman–Crippen MR) is 83.2 cm³/mol. The van der Waals surface area contributed by atoms with E-state index in [4.69, 9.17) is 4.74 Å². The van der Waals surface area contributed by atoms with Crippen molar-refractivity contribution >= 4 is 21.7 Å². The van der Waals surface area contributed by atoms with Crippen LogP contribution in [0.15, 0.2) is 24.3 Å². The fourth-order valence-electron chi connectivity index (χ4n) is 1.71. The number of sulfone groups is 1. The Morgan fingerprint density at radius 2 is 1.82 bits per heavy atom. The molecule has 1 aromatic rings. The van der Waals surface area contributed by atoms with Crippen molar-refractivity contribution in [2.75, 3.05) is 12.8 Å². The lowest BCUT2D eigenvalue weighted by Gasteiger charge is -2.13. The molecule has 1 rings (SSSR count). The second kappa shape index (κ2) is 7.93. The van der Waals surface area contributed by atoms with Gasteiger partial charge >= 0.3 is 5.97 Å². The van der Waals surface area contributed by atoms with E-state index in [-0.39, 0.29) is 17.2 Å². The molecule has 1 N–H and O–H groups in total. The van der Waals surface area contributed by atoms with Crippen molar-refractivity contribution in [2.45, 2.75) is 32.1 Å². The number of amides is 1. The quantitative estimate of drug-likeness (QED) is 0.763. The third-order valence-corrected chi connectivity index (χ3v) is 3.68. The first kappa shape index (κ1) is 18.2. The average molecular weight is 327 g/mol. The van der Waals surface area contributed by atoms with Gasteiger partial charge in [-0.2, -0.15) is 0 Å². The maximum Gasteiger partial charge on any atom is 0.338 e. The van der Waals surface area contributed by atoms with Gasteiger partial charge in [0, 0.05) is 12.8 Å². The van der Waals surface area contributed by atoms with E-state index in [1.807, 2.05) is 6.92 Å². The molecule has 0 radical (unpaired) electrons. The smallest absolute Gasteiger partial charge is 0.338 e. The van der Waals surface area contributed by atoms with Gasteiger partial charge in [0.15, 0.2) is 15.9 Å². The van der Waals surface area contributed by atoms with Crippen LogP contribution in [0.2, 0.25) is 0 Å². The van der Waals surface area contributed by atoms with Crippen LogP contribution < -0.4 is 5.32 Å². The normalized spacial score (nSPS) is 12.5. The van der Waals surface area contributed by atoms with Gasteiger partial charge in [0.1, 0.15) is 0 Å². The molecule has 122 valence electrons. The lowest BCUT2D eigenvalue weighted by atomic mass is 10.1. The summed E-state index contributed by atoms with van der Waals surface area (Å²) in [6.45, 7) is 3.96. The van der Waals surface area contributed by atoms with E-state index in [1.165, 1.54) is 19.1 Å². The highest BCUT2D eigenvalue weighted by Crippen LogP contribution is 2.10. The molecule has 0 aliphatic rings. The third kappa shape index (κ3) is 6.26. The molecule has 6 nitrogen and oxygen atoms in total. The Balaban J connectivity index is 2.64. The number of carbonyl (C=O) groups is 2. The number of carbonyl (C=O) groups excluding carboxylic acids is 2. The largest absolute Gasteiger partial charge is 0.449 e. The lowest BCUT2D eigenvalue weighted by molar-refractivity contribution is -0.129. The SMILES string of the molecule is CCCNC(=O)[C@H](C)OC(=O)c1ccc(CS(C)(=O)=O)cc1. The van der Waals surface area contributed by atoms with Crippen molar-refractivity contribution in [3.63, 3.8) is 0 Å². The number of ether oxygens (including phenoxy) is 1. The van der Waals surface area contributed by atoms with Crippen LogP contribution in [-0.4, -0.2) is 39.2 Å². The van der Waals surface area contributed by atoms with Crippen LogP contribution in [0.3, 0.4) is 0 Å². The molecule has 0 saturated carbocycles. The van der Waals surface area contributed by atoms with Gasteiger partial charge in [0.2, 0.25) is 0 Å². The molecule has 0 fully saturated rings. The van der Waals surface area contributed by atoms with E-state index in [0.717, 1.165) is 12.7 Å². The van der Waals surface area contributed by atoms with Crippen LogP contribution in [0.1, 0.15) is 36.2 Å². The van der Waals surface area contributed by atoms with Gasteiger partial charge < -0.3 is 10.1 Å². The average Bonchev–Trinajstić information content (AvgIpc) is 2.43. The summed E-state index contributed by atoms with van der Waals surface area (Å²) in [5, 5.41) is 2.64. The van der Waals surface area contributed by atoms with Gasteiger partial charge in [-0.1, -0.05) is 19.1 Å². The first-order valence-electron chi connectivity index (χ1n) is 6.98. The van der Waals surface area contributed by atoms with Gasteiger partial charge in [-0.25, -0.2) is 13.2 Å². The molecule has 0 bridgehead atoms. The maximum absolute atomic E-state index is 11.9. The van der Waals surface area contributed by atoms with E-state index in [1.54, 1.807) is 12.1 Å². The molecule has 0 aromatic heterocycles. The van der Waals surface area contributed by atoms with Crippen LogP contribution in [0.25, 0.3) is 0 Å². The van der Waals surface area contributed by atoms with Crippen molar-refractivity contribution in [3.8, 4) is 0 Å². The first-order chi connectivity index (χ1) is 10.2. The highest BCUT2D eigenvalue weighted by Gasteiger charge is 2.18. The number of rotatable bonds is 7. The number of hydrogen-bond acceptors (Lipinski definition) is 5. The summed E-state index contributed by atoms with van der Waals surface area (Å²) in [6.07, 6.45) is 1.06. The van der Waals surface area contributed by atoms with E-state index < -0.39 is 21.9 Å². The van der Waals surface area contributed by atoms with E-state index in [9.17, 15) is 18.0 Å². The van der Waals surface area contributed by atoms with Crippen molar-refractivity contribution < 1.29 is 22.7 Å². The summed E-state index contributed by atoms with van der Waals surface area (Å²) in [6, 6.07) is 6.08. The Morgan fingerprint density at radius 1 is 1.23 bits per heavy atom. The van der Waals surface area contributed by atoms with Gasteiger partial charge in [-0.15, -0.1) is 0 Å². The highest BCUT2D eigenvalue weighted by atomic mass is 32.2. The lowest BCUT2D eigenvalue weighted by Crippen LogP contribution is -2.36. The molecule has 0 aliphatic heterocycles. The number of hydrogen-bond donors (Lipinski definition) is 1. The Hall–Kier alpha value is -1.89. The molecule has 0 aliphatic carbocycles. The molecular formula is C15H21NO5S. The van der Waals surface area contributed by atoms with E-state index >= 15 is 0 Å². The zero-order valence-corrected chi connectivity index (χ0v) is 13.8. The van der Waals surface area contributed by atoms with Crippen LogP contribution >= 0.6 is 0 Å². The second-order valence-electron chi connectivity index (χ2n) is 5.11. The topological polar surface area (TPSA) is 89.5 Å². The van der Waals surface area contributed by atoms with Gasteiger partial charge in [-0.3, -0.25) is 4.79 Å². The summed E-state index contributed by atoms with van der Waals surface area (Å²) in [5.74, 6) is -1.05. The van der Waals surface area contributed by atoms with E-state index in [2.05, 4.69) is 5.32 Å². The maximum atomic E-state index is 11.9. The minimum Gasteiger partial charge on any atom is -0.449 e. The third-order valence-electron chi connectivity index (χ3n) is 2.82. The molecule has 7 heteroatoms. The van der Waals surface area contributed by atoms with Crippen LogP contribution in [-0.2, 0) is 25.1 Å². The van der Waals surface area contributed by atoms with Crippen LogP contribution in [0.5, 0.6) is 0 Å². The van der Waals surface area contributed by atoms with Gasteiger partial charge in [-0.05, 0) is 31.0 Å². The van der Waals surface area contributed by atoms with Crippen LogP contribution in [0.4, 0.5) is 0 Å². The van der Waals surface area contributed by atoms with Crippen LogP contribution in [0, 0.1) is 0 Å². The fraction of sp³-hybridized carbons (Fsp3) is 0.467. The molecule has 0 unspecified atom stereocenters. The zero-order valence-electron chi connectivity index (χ0n) is 13.0. The Morgan fingerprint density at radius 3 is 2.32 bits per heavy atom. The van der Waals surface area contributed by atoms with Gasteiger partial charge in [0.05, 0.1) is 11.3 Å². The zero-order chi connectivity index (χ0) is 16.8. The molecule has 1 aromatic carbocycles. The summed E-state index contributed by atoms with van der Waals surface area (Å²) in [7, 11) is -3.12. The van der Waals surface area contributed by atoms with Crippen molar-refractivity contribution in [1.29, 1.82) is 0 Å². The minimum absolute atomic E-state index is 0.0852. The Labute approximate surface area is 130 Å². The Bertz CT molecular complexity index is 622. The molecule has 1 amide bonds. The summed E-state index contributed by atoms with van der Waals surface area (Å²) in [5.41, 5.74) is 0.861. The Kier molecular flexibility index (Phi) is 6.55. The fourth-order valence-corrected chi connectivity index (χ4v) is 2.51. The number of benzene rings is 1. The standard InChI is InChI=1S/C15H21NO5S/c1-4-9-16-14(17)11(2)21-15(18)13-7-5-12(6-8-13)10-22(3,19)20/h5-8,11H,4,9-10H2,1-3H3,(H,16,17)/t11-/m0/s1. The summed E-state index contributed by atoms with van der Waals surface area (Å²) >= 11 is 0. The predicted octanol–water partition coefficient (Wildman–Crippen LogP) is 1.30. The minimum atomic E-state index is -3.12. The van der Waals surface area contributed by atoms with Gasteiger partial charge in [0.25, 0.3) is 5.91 Å². The first-order valence-corrected chi connectivity index (χ1v) is 9.04. The highest BCUT2D eigenvalue weighted by molar-refractivity contribution is 7.89. The molecule has 1 atom stereocenters. The molecule has 0 heterocycles. The van der Waals surface area contributed by atoms with E-state index in [0.29, 0.717) is 12.1 Å². The summed E-state index contributed by atoms with van der Waals surface area (Å²) in [4.78, 5) is 23.5. The molecular weight excluding hydrogens is 306 g/mol. The number of nitrogens with one attached hydrogen (secondary N) is 1. The molecule has 0 saturated heterocycles. The molecule has 22 heavy (non-hydrogen) atoms. The number of esters is 1.